The Hall–Kier alpha value is -3.66. The molecule has 2 unspecified atom stereocenters. The van der Waals surface area contributed by atoms with Crippen molar-refractivity contribution in [3.63, 3.8) is 0 Å². The normalized spacial score (nSPS) is 24.2. The number of esters is 1. The summed E-state index contributed by atoms with van der Waals surface area (Å²) in [4.78, 5) is 52.1. The summed E-state index contributed by atoms with van der Waals surface area (Å²) in [5, 5.41) is 4.44. The zero-order chi connectivity index (χ0) is 40.4. The van der Waals surface area contributed by atoms with E-state index in [-0.39, 0.29) is 49.3 Å². The zero-order valence-corrected chi connectivity index (χ0v) is 35.5. The largest absolute Gasteiger partial charge is 0.464 e. The van der Waals surface area contributed by atoms with Gasteiger partial charge in [0, 0.05) is 85.8 Å². The Balaban J connectivity index is 1.32. The fraction of sp³-hybridized carbons (Fsp3) is 0.558. The van der Waals surface area contributed by atoms with Crippen LogP contribution < -0.4 is 5.43 Å². The molecule has 57 heavy (non-hydrogen) atoms. The fourth-order valence-corrected chi connectivity index (χ4v) is 9.78. The Morgan fingerprint density at radius 2 is 2.02 bits per heavy atom. The van der Waals surface area contributed by atoms with Gasteiger partial charge in [0.2, 0.25) is 5.91 Å². The second-order valence-electron chi connectivity index (χ2n) is 16.3. The summed E-state index contributed by atoms with van der Waals surface area (Å²) in [6.45, 7) is 10.7. The van der Waals surface area contributed by atoms with Crippen molar-refractivity contribution < 1.29 is 33.3 Å². The molecule has 1 amide bonds. The molecule has 4 aromatic rings. The molecule has 3 aromatic heterocycles. The standard InChI is InChI=1S/C43H55N5O7S2/c1-7-47-34-13-12-26-18-29(34)31(39(47)28-10-8-15-44-38(28)25(2)52-5)21-43(3,4)24-55-42(51)32-11-9-16-48(46-32)41(50)30(20-37-45-33(26)23-57-37)40(56)35(49)19-27-14-17-54-22-36(27)53-6/h8,10,12-13,15,18,23,25,27,30,32,36,40,46,56H,7,9,11,14,16-17,19-22,24H2,1-6H3/t25-,27?,30+,32-,36?,40-/m0/s1. The lowest BCUT2D eigenvalue weighted by molar-refractivity contribution is -0.156. The van der Waals surface area contributed by atoms with E-state index in [0.717, 1.165) is 56.2 Å². The number of fused-ring (bicyclic) bond motifs is 6. The van der Waals surface area contributed by atoms with Gasteiger partial charge in [-0.2, -0.15) is 12.6 Å². The third-order valence-electron chi connectivity index (χ3n) is 11.8. The molecule has 0 aliphatic carbocycles. The van der Waals surface area contributed by atoms with Gasteiger partial charge in [0.05, 0.1) is 58.7 Å². The first-order chi connectivity index (χ1) is 27.4. The van der Waals surface area contributed by atoms with Gasteiger partial charge in [0.15, 0.2) is 0 Å². The maximum atomic E-state index is 14.5. The van der Waals surface area contributed by atoms with Crippen molar-refractivity contribution in [3.05, 3.63) is 58.2 Å². The quantitative estimate of drug-likeness (QED) is 0.140. The number of cyclic esters (lactones) is 1. The molecule has 1 N–H and O–H groups in total. The highest BCUT2D eigenvalue weighted by molar-refractivity contribution is 7.81. The summed E-state index contributed by atoms with van der Waals surface area (Å²) in [5.74, 6) is -1.66. The monoisotopic (exact) mass is 817 g/mol. The predicted molar refractivity (Wildman–Crippen MR) is 223 cm³/mol. The van der Waals surface area contributed by atoms with E-state index < -0.39 is 28.6 Å². The van der Waals surface area contributed by atoms with Crippen LogP contribution in [0.25, 0.3) is 33.4 Å². The summed E-state index contributed by atoms with van der Waals surface area (Å²) in [5.41, 5.74) is 9.59. The number of thiol groups is 1. The van der Waals surface area contributed by atoms with E-state index in [1.54, 1.807) is 20.4 Å². The number of carbonyl (C=O) groups is 3. The molecule has 12 nitrogen and oxygen atoms in total. The molecular formula is C43H55N5O7S2. The smallest absolute Gasteiger partial charge is 0.324 e. The van der Waals surface area contributed by atoms with Crippen LogP contribution in [0.15, 0.2) is 41.9 Å². The van der Waals surface area contributed by atoms with E-state index in [1.165, 1.54) is 16.3 Å². The van der Waals surface area contributed by atoms with Gasteiger partial charge in [-0.25, -0.2) is 10.4 Å². The number of thiazole rings is 1. The average Bonchev–Trinajstić information content (AvgIpc) is 3.82. The van der Waals surface area contributed by atoms with Crippen molar-refractivity contribution in [2.24, 2.45) is 17.3 Å². The molecule has 14 heteroatoms. The molecule has 0 saturated carbocycles. The molecule has 2 saturated heterocycles. The topological polar surface area (TPSA) is 134 Å². The molecule has 3 aliphatic heterocycles. The van der Waals surface area contributed by atoms with E-state index >= 15 is 0 Å². The molecule has 6 atom stereocenters. The Kier molecular flexibility index (Phi) is 12.9. The van der Waals surface area contributed by atoms with Crippen LogP contribution in [-0.4, -0.2) is 95.2 Å². The summed E-state index contributed by atoms with van der Waals surface area (Å²) in [6.07, 6.45) is 4.25. The molecule has 6 bridgehead atoms. The van der Waals surface area contributed by atoms with Crippen molar-refractivity contribution in [2.75, 3.05) is 40.6 Å². The number of ether oxygens (including phenoxy) is 4. The number of hydrogen-bond acceptors (Lipinski definition) is 12. The van der Waals surface area contributed by atoms with E-state index in [1.807, 2.05) is 18.4 Å². The first-order valence-electron chi connectivity index (χ1n) is 20.1. The number of benzene rings is 1. The Bertz CT molecular complexity index is 2100. The van der Waals surface area contributed by atoms with Crippen LogP contribution in [-0.2, 0) is 52.7 Å². The third kappa shape index (κ3) is 8.72. The predicted octanol–water partition coefficient (Wildman–Crippen LogP) is 6.64. The highest BCUT2D eigenvalue weighted by atomic mass is 32.1. The van der Waals surface area contributed by atoms with Crippen LogP contribution in [0.5, 0.6) is 0 Å². The van der Waals surface area contributed by atoms with Gasteiger partial charge in [-0.1, -0.05) is 19.9 Å². The molecule has 3 aliphatic rings. The van der Waals surface area contributed by atoms with Crippen LogP contribution in [0.4, 0.5) is 0 Å². The maximum Gasteiger partial charge on any atom is 0.324 e. The Morgan fingerprint density at radius 1 is 1.19 bits per heavy atom. The van der Waals surface area contributed by atoms with Crippen LogP contribution in [0.2, 0.25) is 0 Å². The number of hydrogen-bond donors (Lipinski definition) is 2. The van der Waals surface area contributed by atoms with Crippen LogP contribution >= 0.6 is 24.0 Å². The second kappa shape index (κ2) is 17.7. The second-order valence-corrected chi connectivity index (χ2v) is 17.8. The molecular weight excluding hydrogens is 763 g/mol. The number of nitrogens with zero attached hydrogens (tertiary/aromatic N) is 4. The minimum atomic E-state index is -0.893. The lowest BCUT2D eigenvalue weighted by atomic mass is 9.84. The number of amides is 1. The number of carbonyl (C=O) groups excluding carboxylic acids is 3. The van der Waals surface area contributed by atoms with Gasteiger partial charge in [-0.05, 0) is 75.3 Å². The molecule has 306 valence electrons. The van der Waals surface area contributed by atoms with Crippen molar-refractivity contribution in [3.8, 4) is 22.5 Å². The van der Waals surface area contributed by atoms with E-state index in [0.29, 0.717) is 45.4 Å². The first kappa shape index (κ1) is 41.5. The van der Waals surface area contributed by atoms with E-state index in [4.69, 9.17) is 41.5 Å². The van der Waals surface area contributed by atoms with Gasteiger partial charge in [0.1, 0.15) is 11.8 Å². The van der Waals surface area contributed by atoms with Crippen LogP contribution in [0.1, 0.15) is 75.7 Å². The highest BCUT2D eigenvalue weighted by Crippen LogP contribution is 2.42. The van der Waals surface area contributed by atoms with Crippen molar-refractivity contribution in [1.29, 1.82) is 0 Å². The SMILES string of the molecule is CCn1c(-c2cccnc2[C@H](C)OC)c2c3cc(ccc31)-c1csc(n1)C[C@H]([C@H](S)C(=O)CC1CCOCC1OC)C(=O)N1CCC[C@H](N1)C(=O)OCC(C)(C)C2. The molecule has 1 aromatic carbocycles. The number of aromatic nitrogens is 3. The van der Waals surface area contributed by atoms with Gasteiger partial charge >= 0.3 is 5.97 Å². The lowest BCUT2D eigenvalue weighted by Crippen LogP contribution is -2.58. The van der Waals surface area contributed by atoms with Crippen molar-refractivity contribution in [1.82, 2.24) is 25.0 Å². The summed E-state index contributed by atoms with van der Waals surface area (Å²) >= 11 is 6.34. The zero-order valence-electron chi connectivity index (χ0n) is 33.8. The maximum absolute atomic E-state index is 14.5. The van der Waals surface area contributed by atoms with Crippen molar-refractivity contribution >= 4 is 52.5 Å². The number of nitrogens with one attached hydrogen (secondary N) is 1. The van der Waals surface area contributed by atoms with Crippen LogP contribution in [0, 0.1) is 17.3 Å². The highest BCUT2D eigenvalue weighted by Gasteiger charge is 2.40. The van der Waals surface area contributed by atoms with E-state index in [9.17, 15) is 14.4 Å². The van der Waals surface area contributed by atoms with Gasteiger partial charge in [0.25, 0.3) is 0 Å². The number of Topliss-reactive ketones (excluding diaryl/α,β-unsaturated/α-hetero) is 1. The number of aryl methyl sites for hydroxylation is 1. The summed E-state index contributed by atoms with van der Waals surface area (Å²) in [7, 11) is 3.33. The number of methoxy groups -OCH3 is 2. The van der Waals surface area contributed by atoms with Gasteiger partial charge in [-0.3, -0.25) is 24.4 Å². The van der Waals surface area contributed by atoms with Crippen LogP contribution in [0.3, 0.4) is 0 Å². The third-order valence-corrected chi connectivity index (χ3v) is 13.3. The van der Waals surface area contributed by atoms with E-state index in [2.05, 4.69) is 55.0 Å². The Labute approximate surface area is 344 Å². The lowest BCUT2D eigenvalue weighted by Gasteiger charge is -2.36. The summed E-state index contributed by atoms with van der Waals surface area (Å²) < 4.78 is 25.5. The molecule has 2 fully saturated rings. The Morgan fingerprint density at radius 3 is 2.79 bits per heavy atom. The minimum absolute atomic E-state index is 0.0285. The first-order valence-corrected chi connectivity index (χ1v) is 21.5. The molecule has 6 heterocycles. The minimum Gasteiger partial charge on any atom is -0.464 e. The number of rotatable bonds is 9. The molecule has 0 spiro atoms. The fourth-order valence-electron chi connectivity index (χ4n) is 8.58. The number of pyridine rings is 1. The van der Waals surface area contributed by atoms with Crippen molar-refractivity contribution in [2.45, 2.75) is 96.3 Å². The van der Waals surface area contributed by atoms with Gasteiger partial charge < -0.3 is 23.5 Å². The average molecular weight is 818 g/mol. The molecule has 0 radical (unpaired) electrons. The molecule has 7 rings (SSSR count). The summed E-state index contributed by atoms with van der Waals surface area (Å²) in [6, 6.07) is 9.81. The number of hydrazine groups is 1. The van der Waals surface area contributed by atoms with Gasteiger partial charge in [-0.15, -0.1) is 11.3 Å². The number of ketones is 1.